The molecule has 0 aromatic rings. The molecule has 4 atom stereocenters. The zero-order valence-corrected chi connectivity index (χ0v) is 11.5. The highest BCUT2D eigenvalue weighted by Crippen LogP contribution is 2.52. The van der Waals surface area contributed by atoms with Crippen LogP contribution >= 0.6 is 0 Å². The van der Waals surface area contributed by atoms with Crippen LogP contribution in [0.25, 0.3) is 0 Å². The maximum atomic E-state index is 10.5. The Morgan fingerprint density at radius 1 is 1.29 bits per heavy atom. The highest BCUT2D eigenvalue weighted by Gasteiger charge is 2.47. The van der Waals surface area contributed by atoms with Crippen molar-refractivity contribution in [3.63, 3.8) is 0 Å². The molecule has 2 rings (SSSR count). The van der Waals surface area contributed by atoms with Crippen molar-refractivity contribution < 1.29 is 10.2 Å². The van der Waals surface area contributed by atoms with Gasteiger partial charge >= 0.3 is 0 Å². The molecule has 0 saturated heterocycles. The summed E-state index contributed by atoms with van der Waals surface area (Å²) in [7, 11) is 0. The van der Waals surface area contributed by atoms with Crippen LogP contribution in [0.2, 0.25) is 0 Å². The molecule has 1 fully saturated rings. The summed E-state index contributed by atoms with van der Waals surface area (Å²) in [6.07, 6.45) is 3.00. The van der Waals surface area contributed by atoms with E-state index >= 15 is 0 Å². The first kappa shape index (κ1) is 13.1. The predicted molar refractivity (Wildman–Crippen MR) is 69.6 cm³/mol. The Morgan fingerprint density at radius 3 is 2.53 bits per heavy atom. The topological polar surface area (TPSA) is 40.5 Å². The second-order valence-corrected chi connectivity index (χ2v) is 6.77. The van der Waals surface area contributed by atoms with Crippen molar-refractivity contribution in [1.82, 2.24) is 0 Å². The summed E-state index contributed by atoms with van der Waals surface area (Å²) in [6.45, 7) is 8.96. The van der Waals surface area contributed by atoms with Crippen molar-refractivity contribution in [3.8, 4) is 0 Å². The average molecular weight is 238 g/mol. The van der Waals surface area contributed by atoms with Crippen LogP contribution in [0.1, 0.15) is 47.0 Å². The first-order valence-corrected chi connectivity index (χ1v) is 6.88. The highest BCUT2D eigenvalue weighted by atomic mass is 16.3. The summed E-state index contributed by atoms with van der Waals surface area (Å²) in [5.41, 5.74) is 2.51. The fourth-order valence-corrected chi connectivity index (χ4v) is 3.77. The van der Waals surface area contributed by atoms with E-state index in [1.54, 1.807) is 0 Å². The summed E-state index contributed by atoms with van der Waals surface area (Å²) >= 11 is 0. The Bertz CT molecular complexity index is 330. The van der Waals surface area contributed by atoms with Crippen molar-refractivity contribution in [2.45, 2.75) is 53.1 Å². The number of hydrogen-bond donors (Lipinski definition) is 2. The molecule has 17 heavy (non-hydrogen) atoms. The normalized spacial score (nSPS) is 41.3. The van der Waals surface area contributed by atoms with Gasteiger partial charge in [-0.15, -0.1) is 0 Å². The van der Waals surface area contributed by atoms with Crippen LogP contribution < -0.4 is 0 Å². The maximum absolute atomic E-state index is 10.5. The van der Waals surface area contributed by atoms with Crippen molar-refractivity contribution in [2.75, 3.05) is 6.61 Å². The van der Waals surface area contributed by atoms with Gasteiger partial charge in [0, 0.05) is 12.5 Å². The molecule has 98 valence electrons. The minimum atomic E-state index is -0.318. The van der Waals surface area contributed by atoms with Crippen molar-refractivity contribution in [2.24, 2.45) is 23.2 Å². The summed E-state index contributed by atoms with van der Waals surface area (Å²) < 4.78 is 0. The SMILES string of the molecule is CC1=C2[C@@H](CC(C)(C)[C@H]2O)[C@@H](C)CC[C@@H]1CO. The Balaban J connectivity index is 2.44. The molecule has 0 heterocycles. The van der Waals surface area contributed by atoms with E-state index < -0.39 is 0 Å². The largest absolute Gasteiger partial charge is 0.396 e. The van der Waals surface area contributed by atoms with E-state index in [1.165, 1.54) is 17.6 Å². The molecule has 0 amide bonds. The van der Waals surface area contributed by atoms with E-state index in [2.05, 4.69) is 27.7 Å². The van der Waals surface area contributed by atoms with Gasteiger partial charge in [0.1, 0.15) is 0 Å². The van der Waals surface area contributed by atoms with E-state index in [0.717, 1.165) is 12.8 Å². The predicted octanol–water partition coefficient (Wildman–Crippen LogP) is 2.75. The number of aliphatic hydroxyl groups is 2. The number of hydrogen-bond acceptors (Lipinski definition) is 2. The van der Waals surface area contributed by atoms with Gasteiger partial charge in [0.25, 0.3) is 0 Å². The smallest absolute Gasteiger partial charge is 0.0806 e. The molecule has 0 aliphatic heterocycles. The number of aliphatic hydroxyl groups excluding tert-OH is 2. The molecular formula is C15H26O2. The molecule has 0 radical (unpaired) electrons. The van der Waals surface area contributed by atoms with Crippen LogP contribution in [0, 0.1) is 23.2 Å². The summed E-state index contributed by atoms with van der Waals surface area (Å²) in [6, 6.07) is 0. The number of fused-ring (bicyclic) bond motifs is 1. The molecule has 0 spiro atoms. The quantitative estimate of drug-likeness (QED) is 0.690. The van der Waals surface area contributed by atoms with E-state index in [9.17, 15) is 10.2 Å². The molecule has 0 aromatic carbocycles. The summed E-state index contributed by atoms with van der Waals surface area (Å²) in [5, 5.41) is 20.0. The Hall–Kier alpha value is -0.340. The second kappa shape index (κ2) is 4.40. The van der Waals surface area contributed by atoms with Crippen LogP contribution in [-0.2, 0) is 0 Å². The minimum absolute atomic E-state index is 0.00708. The van der Waals surface area contributed by atoms with Crippen LogP contribution in [0.15, 0.2) is 11.1 Å². The summed E-state index contributed by atoms with van der Waals surface area (Å²) in [4.78, 5) is 0. The fraction of sp³-hybridized carbons (Fsp3) is 0.867. The van der Waals surface area contributed by atoms with Gasteiger partial charge in [-0.25, -0.2) is 0 Å². The molecule has 2 nitrogen and oxygen atoms in total. The van der Waals surface area contributed by atoms with Crippen LogP contribution in [0.5, 0.6) is 0 Å². The van der Waals surface area contributed by atoms with Gasteiger partial charge < -0.3 is 10.2 Å². The van der Waals surface area contributed by atoms with Gasteiger partial charge in [0.2, 0.25) is 0 Å². The third-order valence-electron chi connectivity index (χ3n) is 5.13. The third kappa shape index (κ3) is 2.06. The van der Waals surface area contributed by atoms with Gasteiger partial charge in [0.15, 0.2) is 0 Å². The Labute approximate surface area is 105 Å². The molecule has 2 heteroatoms. The summed E-state index contributed by atoms with van der Waals surface area (Å²) in [5.74, 6) is 1.42. The van der Waals surface area contributed by atoms with Gasteiger partial charge in [-0.05, 0) is 49.0 Å². The van der Waals surface area contributed by atoms with E-state index in [4.69, 9.17) is 0 Å². The molecule has 2 N–H and O–H groups in total. The monoisotopic (exact) mass is 238 g/mol. The first-order valence-electron chi connectivity index (χ1n) is 6.88. The number of rotatable bonds is 1. The standard InChI is InChI=1S/C15H26O2/c1-9-5-6-11(8-16)10(2)13-12(9)7-15(3,4)14(13)17/h9,11-12,14,16-17H,5-8H2,1-4H3/t9-,11+,12-,14-/m0/s1. The average Bonchev–Trinajstić information content (AvgIpc) is 2.43. The zero-order valence-electron chi connectivity index (χ0n) is 11.5. The van der Waals surface area contributed by atoms with E-state index in [-0.39, 0.29) is 24.0 Å². The Kier molecular flexibility index (Phi) is 3.39. The van der Waals surface area contributed by atoms with Gasteiger partial charge in [-0.3, -0.25) is 0 Å². The highest BCUT2D eigenvalue weighted by molar-refractivity contribution is 5.30. The molecular weight excluding hydrogens is 212 g/mol. The van der Waals surface area contributed by atoms with Crippen LogP contribution in [0.4, 0.5) is 0 Å². The van der Waals surface area contributed by atoms with E-state index in [0.29, 0.717) is 11.8 Å². The van der Waals surface area contributed by atoms with Crippen molar-refractivity contribution in [3.05, 3.63) is 11.1 Å². The third-order valence-corrected chi connectivity index (χ3v) is 5.13. The molecule has 2 aliphatic rings. The van der Waals surface area contributed by atoms with Crippen LogP contribution in [-0.4, -0.2) is 22.9 Å². The molecule has 1 saturated carbocycles. The van der Waals surface area contributed by atoms with Crippen molar-refractivity contribution >= 4 is 0 Å². The lowest BCUT2D eigenvalue weighted by Gasteiger charge is -2.24. The lowest BCUT2D eigenvalue weighted by atomic mass is 9.84. The zero-order chi connectivity index (χ0) is 12.8. The lowest BCUT2D eigenvalue weighted by molar-refractivity contribution is 0.101. The Morgan fingerprint density at radius 2 is 1.94 bits per heavy atom. The fourth-order valence-electron chi connectivity index (χ4n) is 3.77. The van der Waals surface area contributed by atoms with Crippen molar-refractivity contribution in [1.29, 1.82) is 0 Å². The molecule has 0 aromatic heterocycles. The maximum Gasteiger partial charge on any atom is 0.0806 e. The molecule has 0 bridgehead atoms. The lowest BCUT2D eigenvalue weighted by Crippen LogP contribution is -2.25. The van der Waals surface area contributed by atoms with Gasteiger partial charge in [-0.2, -0.15) is 0 Å². The molecule has 2 aliphatic carbocycles. The first-order chi connectivity index (χ1) is 7.88. The van der Waals surface area contributed by atoms with Gasteiger partial charge in [-0.1, -0.05) is 26.3 Å². The minimum Gasteiger partial charge on any atom is -0.396 e. The van der Waals surface area contributed by atoms with Crippen LogP contribution in [0.3, 0.4) is 0 Å². The van der Waals surface area contributed by atoms with Gasteiger partial charge in [0.05, 0.1) is 6.10 Å². The van der Waals surface area contributed by atoms with E-state index in [1.807, 2.05) is 0 Å². The molecule has 0 unspecified atom stereocenters. The second-order valence-electron chi connectivity index (χ2n) is 6.77.